The number of alkyl halides is 1. The van der Waals surface area contributed by atoms with Crippen LogP contribution in [-0.2, 0) is 14.3 Å². The fourth-order valence-electron chi connectivity index (χ4n) is 10.5. The molecule has 6 fully saturated rings. The third-order valence-corrected chi connectivity index (χ3v) is 12.8. The summed E-state index contributed by atoms with van der Waals surface area (Å²) in [5.74, 6) is 3.04. The van der Waals surface area contributed by atoms with Crippen molar-refractivity contribution < 1.29 is 34.0 Å². The number of likely N-dealkylation sites (tertiary alicyclic amines) is 1. The van der Waals surface area contributed by atoms with E-state index in [0.29, 0.717) is 29.6 Å². The number of rotatable bonds is 4. The van der Waals surface area contributed by atoms with Gasteiger partial charge in [-0.05, 0) is 107 Å². The van der Waals surface area contributed by atoms with Gasteiger partial charge in [-0.1, -0.05) is 26.2 Å². The van der Waals surface area contributed by atoms with Crippen molar-refractivity contribution in [1.82, 2.24) is 4.90 Å². The summed E-state index contributed by atoms with van der Waals surface area (Å²) in [6.07, 6.45) is 8.03. The van der Waals surface area contributed by atoms with Gasteiger partial charge in [0, 0.05) is 18.0 Å². The molecule has 3 N–H and O–H groups in total. The lowest BCUT2D eigenvalue weighted by Gasteiger charge is -2.64. The molecule has 0 spiro atoms. The first-order valence-electron chi connectivity index (χ1n) is 16.4. The Hall–Kier alpha value is -0.800. The van der Waals surface area contributed by atoms with Crippen molar-refractivity contribution in [2.75, 3.05) is 13.2 Å². The van der Waals surface area contributed by atoms with Crippen molar-refractivity contribution in [3.8, 4) is 0 Å². The van der Waals surface area contributed by atoms with Crippen molar-refractivity contribution in [2.45, 2.75) is 146 Å². The fraction of sp³-hybridized carbons (Fsp3) is 0.969. The summed E-state index contributed by atoms with van der Waals surface area (Å²) >= 11 is 0. The molecule has 6 rings (SSSR count). The predicted molar refractivity (Wildman–Crippen MR) is 148 cm³/mol. The molecule has 228 valence electrons. The first-order chi connectivity index (χ1) is 19.2. The highest BCUT2D eigenvalue weighted by Crippen LogP contribution is 2.63. The van der Waals surface area contributed by atoms with Crippen molar-refractivity contribution in [3.63, 3.8) is 0 Å². The lowest BCUT2D eigenvalue weighted by Crippen LogP contribution is -2.65. The minimum Gasteiger partial charge on any atom is -0.394 e. The SMILES string of the molecule is C[C@]12CC[C@H](O[C@@H]3O[C@H](CO)[C@H](O)[C@H](O)[C@H]3F)CC1CCC1[C@@H]2CC[C@@]2(C)[C@H]1CCCN2C(=O)C1CCCCC1. The van der Waals surface area contributed by atoms with E-state index in [1.54, 1.807) is 0 Å². The van der Waals surface area contributed by atoms with Gasteiger partial charge in [-0.2, -0.15) is 0 Å². The fourth-order valence-corrected chi connectivity index (χ4v) is 10.5. The monoisotopic (exact) mass is 565 g/mol. The second-order valence-corrected chi connectivity index (χ2v) is 14.7. The summed E-state index contributed by atoms with van der Waals surface area (Å²) in [6.45, 7) is 5.33. The molecule has 2 heterocycles. The number of carbonyl (C=O) groups is 1. The van der Waals surface area contributed by atoms with Crippen LogP contribution in [0.3, 0.4) is 0 Å². The molecular weight excluding hydrogens is 513 g/mol. The normalized spacial score (nSPS) is 50.0. The molecule has 2 aliphatic heterocycles. The van der Waals surface area contributed by atoms with Crippen LogP contribution in [0.15, 0.2) is 0 Å². The van der Waals surface area contributed by atoms with Crippen LogP contribution in [0, 0.1) is 35.0 Å². The van der Waals surface area contributed by atoms with Crippen LogP contribution in [0.25, 0.3) is 0 Å². The number of halogens is 1. The minimum atomic E-state index is -1.84. The second kappa shape index (κ2) is 11.4. The minimum absolute atomic E-state index is 0.0133. The molecule has 7 nitrogen and oxygen atoms in total. The van der Waals surface area contributed by atoms with Crippen LogP contribution in [0.4, 0.5) is 4.39 Å². The van der Waals surface area contributed by atoms with Crippen molar-refractivity contribution in [1.29, 1.82) is 0 Å². The van der Waals surface area contributed by atoms with Gasteiger partial charge >= 0.3 is 0 Å². The van der Waals surface area contributed by atoms with E-state index in [1.807, 2.05) is 0 Å². The second-order valence-electron chi connectivity index (χ2n) is 14.7. The van der Waals surface area contributed by atoms with Crippen LogP contribution in [0.2, 0.25) is 0 Å². The lowest BCUT2D eigenvalue weighted by molar-refractivity contribution is -0.303. The van der Waals surface area contributed by atoms with Crippen molar-refractivity contribution >= 4 is 5.91 Å². The molecular formula is C32H52FNO6. The highest BCUT2D eigenvalue weighted by atomic mass is 19.1. The van der Waals surface area contributed by atoms with Crippen molar-refractivity contribution in [3.05, 3.63) is 0 Å². The van der Waals surface area contributed by atoms with E-state index in [0.717, 1.165) is 57.9 Å². The van der Waals surface area contributed by atoms with Crippen molar-refractivity contribution in [2.24, 2.45) is 35.0 Å². The molecule has 4 aliphatic carbocycles. The molecule has 2 unspecified atom stereocenters. The topological polar surface area (TPSA) is 99.5 Å². The van der Waals surface area contributed by atoms with Crippen LogP contribution >= 0.6 is 0 Å². The number of hydrogen-bond donors (Lipinski definition) is 3. The number of hydrogen-bond acceptors (Lipinski definition) is 6. The molecule has 0 bridgehead atoms. The number of amides is 1. The van der Waals surface area contributed by atoms with E-state index in [9.17, 15) is 24.5 Å². The summed E-state index contributed by atoms with van der Waals surface area (Å²) in [5, 5.41) is 29.6. The predicted octanol–water partition coefficient (Wildman–Crippen LogP) is 4.35. The Morgan fingerprint density at radius 1 is 0.950 bits per heavy atom. The first-order valence-corrected chi connectivity index (χ1v) is 16.4. The van der Waals surface area contributed by atoms with Gasteiger partial charge in [0.15, 0.2) is 12.5 Å². The average molecular weight is 566 g/mol. The first kappa shape index (κ1) is 29.3. The van der Waals surface area contributed by atoms with Gasteiger partial charge in [0.1, 0.15) is 18.3 Å². The maximum absolute atomic E-state index is 14.8. The van der Waals surface area contributed by atoms with Crippen LogP contribution in [0.5, 0.6) is 0 Å². The van der Waals surface area contributed by atoms with Gasteiger partial charge in [-0.25, -0.2) is 4.39 Å². The summed E-state index contributed by atoms with van der Waals surface area (Å²) < 4.78 is 26.5. The smallest absolute Gasteiger partial charge is 0.226 e. The lowest BCUT2D eigenvalue weighted by atomic mass is 9.45. The van der Waals surface area contributed by atoms with Gasteiger partial charge < -0.3 is 29.7 Å². The Bertz CT molecular complexity index is 914. The Balaban J connectivity index is 1.12. The highest BCUT2D eigenvalue weighted by Gasteiger charge is 2.60. The number of carbonyl (C=O) groups excluding carboxylic acids is 1. The van der Waals surface area contributed by atoms with Gasteiger partial charge in [0.2, 0.25) is 5.91 Å². The number of aliphatic hydroxyl groups excluding tert-OH is 3. The van der Waals surface area contributed by atoms with Crippen LogP contribution < -0.4 is 0 Å². The van der Waals surface area contributed by atoms with Gasteiger partial charge in [-0.3, -0.25) is 4.79 Å². The van der Waals surface area contributed by atoms with Gasteiger partial charge in [0.25, 0.3) is 0 Å². The summed E-state index contributed by atoms with van der Waals surface area (Å²) in [4.78, 5) is 16.2. The molecule has 40 heavy (non-hydrogen) atoms. The van der Waals surface area contributed by atoms with Crippen LogP contribution in [-0.4, -0.2) is 81.7 Å². The zero-order valence-corrected chi connectivity index (χ0v) is 24.6. The quantitative estimate of drug-likeness (QED) is 0.439. The molecule has 0 aromatic heterocycles. The molecule has 6 aliphatic rings. The largest absolute Gasteiger partial charge is 0.394 e. The molecule has 1 amide bonds. The third-order valence-electron chi connectivity index (χ3n) is 12.8. The van der Waals surface area contributed by atoms with E-state index < -0.39 is 37.4 Å². The maximum Gasteiger partial charge on any atom is 0.226 e. The van der Waals surface area contributed by atoms with Gasteiger partial charge in [-0.15, -0.1) is 0 Å². The van der Waals surface area contributed by atoms with E-state index in [2.05, 4.69) is 18.7 Å². The zero-order valence-electron chi connectivity index (χ0n) is 24.6. The number of fused-ring (bicyclic) bond motifs is 5. The Morgan fingerprint density at radius 2 is 1.73 bits per heavy atom. The van der Waals surface area contributed by atoms with E-state index in [1.165, 1.54) is 38.5 Å². The molecule has 4 saturated carbocycles. The molecule has 0 aromatic carbocycles. The number of aliphatic hydroxyl groups is 3. The molecule has 12 atom stereocenters. The zero-order chi connectivity index (χ0) is 28.2. The number of nitrogens with zero attached hydrogens (tertiary/aromatic N) is 1. The van der Waals surface area contributed by atoms with Crippen LogP contribution in [0.1, 0.15) is 104 Å². The number of ether oxygens (including phenoxy) is 2. The maximum atomic E-state index is 14.8. The molecule has 0 aromatic rings. The average Bonchev–Trinajstić information content (AvgIpc) is 2.97. The Morgan fingerprint density at radius 3 is 2.48 bits per heavy atom. The number of piperidine rings is 1. The highest BCUT2D eigenvalue weighted by molar-refractivity contribution is 5.80. The summed E-state index contributed by atoms with van der Waals surface area (Å²) in [7, 11) is 0. The Labute approximate surface area is 239 Å². The standard InChI is InChI=1S/C32H52FNO6/c1-31-14-12-21(39-30-26(33)28(37)27(36)25(18-35)40-30)17-20(31)10-11-22-23(31)13-15-32(2)24(22)9-6-16-34(32)29(38)19-7-4-3-5-8-19/h19-28,30,35-37H,3-18H2,1-2H3/t20?,21-,22?,23-,24-,25+,26+,27-,28+,30+,31-,32-/m0/s1. The third kappa shape index (κ3) is 4.86. The van der Waals surface area contributed by atoms with E-state index >= 15 is 0 Å². The summed E-state index contributed by atoms with van der Waals surface area (Å²) in [5.41, 5.74) is 0.201. The summed E-state index contributed by atoms with van der Waals surface area (Å²) in [6, 6.07) is 0. The molecule has 8 heteroatoms. The van der Waals surface area contributed by atoms with E-state index in [4.69, 9.17) is 9.47 Å². The molecule has 2 saturated heterocycles. The van der Waals surface area contributed by atoms with Gasteiger partial charge in [0.05, 0.1) is 12.7 Å². The van der Waals surface area contributed by atoms with E-state index in [-0.39, 0.29) is 23.0 Å². The molecule has 0 radical (unpaired) electrons. The Kier molecular flexibility index (Phi) is 8.32.